The van der Waals surface area contributed by atoms with Gasteiger partial charge in [0.1, 0.15) is 10.4 Å². The van der Waals surface area contributed by atoms with Crippen LogP contribution in [0.5, 0.6) is 0 Å². The third-order valence-electron chi connectivity index (χ3n) is 1.85. The lowest BCUT2D eigenvalue weighted by atomic mass is 10.1. The summed E-state index contributed by atoms with van der Waals surface area (Å²) in [6.07, 6.45) is 1.94. The molecule has 0 bridgehead atoms. The van der Waals surface area contributed by atoms with Crippen LogP contribution in [0.25, 0.3) is 0 Å². The van der Waals surface area contributed by atoms with Crippen LogP contribution in [0.15, 0.2) is 6.20 Å². The zero-order valence-corrected chi connectivity index (χ0v) is 11.3. The zero-order valence-electron chi connectivity index (χ0n) is 7.50. The van der Waals surface area contributed by atoms with Gasteiger partial charge in [0.2, 0.25) is 0 Å². The summed E-state index contributed by atoms with van der Waals surface area (Å²) in [5.74, 6) is 1.16. The number of thioether (sulfide) groups is 1. The van der Waals surface area contributed by atoms with Crippen LogP contribution in [0, 0.1) is 2.88 Å². The van der Waals surface area contributed by atoms with Crippen LogP contribution in [-0.2, 0) is 0 Å². The van der Waals surface area contributed by atoms with E-state index in [9.17, 15) is 0 Å². The number of nitrogens with one attached hydrogen (secondary N) is 1. The van der Waals surface area contributed by atoms with E-state index in [1.54, 1.807) is 11.3 Å². The van der Waals surface area contributed by atoms with Crippen molar-refractivity contribution in [1.29, 1.82) is 0 Å². The summed E-state index contributed by atoms with van der Waals surface area (Å²) in [6.45, 7) is 4.47. The number of hydrogen-bond donors (Lipinski definition) is 1. The number of hydrogen-bond acceptors (Lipinski definition) is 4. The van der Waals surface area contributed by atoms with Crippen LogP contribution in [0.2, 0.25) is 0 Å². The van der Waals surface area contributed by atoms with Gasteiger partial charge in [0.15, 0.2) is 0 Å². The third kappa shape index (κ3) is 2.37. The summed E-state index contributed by atoms with van der Waals surface area (Å²) in [5.41, 5.74) is 0.256. The third-order valence-corrected chi connectivity index (χ3v) is 5.35. The van der Waals surface area contributed by atoms with Crippen molar-refractivity contribution >= 4 is 45.7 Å². The van der Waals surface area contributed by atoms with Gasteiger partial charge in [-0.05, 0) is 36.4 Å². The van der Waals surface area contributed by atoms with Crippen LogP contribution in [0.4, 0.5) is 0 Å². The van der Waals surface area contributed by atoms with E-state index in [2.05, 4.69) is 46.7 Å². The van der Waals surface area contributed by atoms with E-state index >= 15 is 0 Å². The van der Waals surface area contributed by atoms with E-state index in [1.165, 1.54) is 7.89 Å². The summed E-state index contributed by atoms with van der Waals surface area (Å²) in [7, 11) is 0. The maximum atomic E-state index is 4.39. The van der Waals surface area contributed by atoms with Gasteiger partial charge in [-0.15, -0.1) is 23.1 Å². The molecule has 72 valence electrons. The Bertz CT molecular complexity index is 311. The van der Waals surface area contributed by atoms with E-state index in [4.69, 9.17) is 0 Å². The molecule has 1 aromatic rings. The fourth-order valence-corrected chi connectivity index (χ4v) is 4.26. The molecule has 0 spiro atoms. The molecule has 1 atom stereocenters. The molecule has 2 heterocycles. The van der Waals surface area contributed by atoms with Crippen LogP contribution < -0.4 is 5.32 Å². The van der Waals surface area contributed by atoms with Gasteiger partial charge < -0.3 is 0 Å². The largest absolute Gasteiger partial charge is 0.294 e. The normalized spacial score (nSPS) is 26.5. The fraction of sp³-hybridized carbons (Fsp3) is 0.625. The molecule has 2 rings (SSSR count). The molecule has 1 unspecified atom stereocenters. The predicted molar refractivity (Wildman–Crippen MR) is 67.2 cm³/mol. The van der Waals surface area contributed by atoms with E-state index in [1.807, 2.05) is 18.0 Å². The van der Waals surface area contributed by atoms with Crippen LogP contribution in [0.3, 0.4) is 0 Å². The number of aromatic nitrogens is 1. The molecule has 5 heteroatoms. The number of thiazole rings is 1. The van der Waals surface area contributed by atoms with Gasteiger partial charge in [-0.25, -0.2) is 4.98 Å². The maximum absolute atomic E-state index is 4.39. The molecule has 1 N–H and O–H groups in total. The summed E-state index contributed by atoms with van der Waals surface area (Å²) >= 11 is 6.04. The molecule has 0 aromatic carbocycles. The highest BCUT2D eigenvalue weighted by molar-refractivity contribution is 14.1. The molecule has 2 nitrogen and oxygen atoms in total. The molecule has 13 heavy (non-hydrogen) atoms. The monoisotopic (exact) mass is 326 g/mol. The Balaban J connectivity index is 2.12. The summed E-state index contributed by atoms with van der Waals surface area (Å²) in [6, 6.07) is 0. The topological polar surface area (TPSA) is 24.9 Å². The van der Waals surface area contributed by atoms with Crippen LogP contribution in [-0.4, -0.2) is 16.3 Å². The van der Waals surface area contributed by atoms with Gasteiger partial charge in [-0.3, -0.25) is 5.32 Å². The Morgan fingerprint density at radius 2 is 2.46 bits per heavy atom. The fourth-order valence-electron chi connectivity index (χ4n) is 1.25. The first-order chi connectivity index (χ1) is 6.07. The second-order valence-corrected chi connectivity index (χ2v) is 7.77. The van der Waals surface area contributed by atoms with Crippen molar-refractivity contribution in [1.82, 2.24) is 10.3 Å². The molecule has 1 saturated heterocycles. The molecule has 0 saturated carbocycles. The first kappa shape index (κ1) is 10.2. The molecule has 1 aromatic heterocycles. The highest BCUT2D eigenvalue weighted by atomic mass is 127. The second-order valence-electron chi connectivity index (χ2n) is 3.72. The molecular formula is C8H11IN2S2. The number of halogens is 1. The van der Waals surface area contributed by atoms with Gasteiger partial charge in [0, 0.05) is 11.3 Å². The Morgan fingerprint density at radius 3 is 2.92 bits per heavy atom. The van der Waals surface area contributed by atoms with Crippen molar-refractivity contribution in [3.05, 3.63) is 14.1 Å². The van der Waals surface area contributed by atoms with Crippen molar-refractivity contribution in [2.24, 2.45) is 0 Å². The molecular weight excluding hydrogens is 315 g/mol. The van der Waals surface area contributed by atoms with Crippen molar-refractivity contribution in [3.8, 4) is 0 Å². The first-order valence-corrected chi connectivity index (χ1v) is 7.02. The first-order valence-electron chi connectivity index (χ1n) is 4.07. The van der Waals surface area contributed by atoms with Crippen molar-refractivity contribution in [2.45, 2.75) is 24.8 Å². The average molecular weight is 326 g/mol. The summed E-state index contributed by atoms with van der Waals surface area (Å²) in [5, 5.41) is 5.18. The lowest BCUT2D eigenvalue weighted by molar-refractivity contribution is 0.451. The molecule has 0 amide bonds. The molecule has 1 fully saturated rings. The highest BCUT2D eigenvalue weighted by Crippen LogP contribution is 2.38. The van der Waals surface area contributed by atoms with Gasteiger partial charge in [-0.2, -0.15) is 0 Å². The minimum Gasteiger partial charge on any atom is -0.294 e. The van der Waals surface area contributed by atoms with Crippen LogP contribution >= 0.6 is 45.7 Å². The lowest BCUT2D eigenvalue weighted by Gasteiger charge is -2.17. The lowest BCUT2D eigenvalue weighted by Crippen LogP contribution is -2.35. The Labute approximate surface area is 100 Å². The van der Waals surface area contributed by atoms with Crippen molar-refractivity contribution in [2.75, 3.05) is 5.75 Å². The number of rotatable bonds is 1. The van der Waals surface area contributed by atoms with Crippen molar-refractivity contribution in [3.63, 3.8) is 0 Å². The van der Waals surface area contributed by atoms with E-state index in [0.29, 0.717) is 5.37 Å². The Morgan fingerprint density at radius 1 is 1.69 bits per heavy atom. The van der Waals surface area contributed by atoms with Crippen LogP contribution in [0.1, 0.15) is 24.2 Å². The predicted octanol–water partition coefficient (Wildman–Crippen LogP) is 2.86. The van der Waals surface area contributed by atoms with Gasteiger partial charge in [0.25, 0.3) is 0 Å². The molecule has 0 radical (unpaired) electrons. The highest BCUT2D eigenvalue weighted by Gasteiger charge is 2.32. The van der Waals surface area contributed by atoms with Gasteiger partial charge >= 0.3 is 0 Å². The maximum Gasteiger partial charge on any atom is 0.121 e. The van der Waals surface area contributed by atoms with E-state index in [-0.39, 0.29) is 5.54 Å². The molecule has 0 aliphatic carbocycles. The summed E-state index contributed by atoms with van der Waals surface area (Å²) in [4.78, 5) is 4.39. The second kappa shape index (κ2) is 3.67. The minimum absolute atomic E-state index is 0.256. The Kier molecular flexibility index (Phi) is 2.88. The van der Waals surface area contributed by atoms with E-state index < -0.39 is 0 Å². The average Bonchev–Trinajstić information content (AvgIpc) is 2.56. The van der Waals surface area contributed by atoms with Gasteiger partial charge in [0.05, 0.1) is 9.08 Å². The van der Waals surface area contributed by atoms with E-state index in [0.717, 1.165) is 5.75 Å². The molecule has 1 aliphatic heterocycles. The van der Waals surface area contributed by atoms with Crippen molar-refractivity contribution < 1.29 is 0 Å². The SMILES string of the molecule is CC1(C)CSC(c2ncc(I)s2)N1. The number of nitrogens with zero attached hydrogens (tertiary/aromatic N) is 1. The standard InChI is InChI=1S/C8H11IN2S2/c1-8(2)4-12-7(11-8)6-10-3-5(9)13-6/h3,7,11H,4H2,1-2H3. The molecule has 1 aliphatic rings. The zero-order chi connectivity index (χ0) is 9.47. The Hall–Kier alpha value is 0.670. The summed E-state index contributed by atoms with van der Waals surface area (Å²) < 4.78 is 1.26. The quantitative estimate of drug-likeness (QED) is 0.804. The smallest absolute Gasteiger partial charge is 0.121 e. The van der Waals surface area contributed by atoms with Gasteiger partial charge in [-0.1, -0.05) is 0 Å². The minimum atomic E-state index is 0.256.